The standard InChI is InChI=1S/C17H26N2O3/c1-4-22-17(21)14-7-5-6-8-15(14)19-16(20)10-12-18-11-9-13(2)3/h5-8,13,18H,4,9-12H2,1-3H3,(H,19,20). The van der Waals surface area contributed by atoms with Crippen LogP contribution in [0.15, 0.2) is 24.3 Å². The highest BCUT2D eigenvalue weighted by Crippen LogP contribution is 2.16. The fourth-order valence-corrected chi connectivity index (χ4v) is 1.91. The quantitative estimate of drug-likeness (QED) is 0.544. The summed E-state index contributed by atoms with van der Waals surface area (Å²) in [6.45, 7) is 7.93. The van der Waals surface area contributed by atoms with Gasteiger partial charge in [0, 0.05) is 13.0 Å². The lowest BCUT2D eigenvalue weighted by Gasteiger charge is -2.11. The Balaban J connectivity index is 2.46. The van der Waals surface area contributed by atoms with Crippen molar-refractivity contribution in [1.82, 2.24) is 5.32 Å². The number of para-hydroxylation sites is 1. The second kappa shape index (κ2) is 9.95. The number of benzene rings is 1. The van der Waals surface area contributed by atoms with E-state index >= 15 is 0 Å². The number of anilines is 1. The number of hydrogen-bond acceptors (Lipinski definition) is 4. The van der Waals surface area contributed by atoms with Crippen LogP contribution in [0.4, 0.5) is 5.69 Å². The zero-order valence-electron chi connectivity index (χ0n) is 13.6. The van der Waals surface area contributed by atoms with Gasteiger partial charge in [-0.25, -0.2) is 4.79 Å². The highest BCUT2D eigenvalue weighted by Gasteiger charge is 2.13. The fourth-order valence-electron chi connectivity index (χ4n) is 1.91. The van der Waals surface area contributed by atoms with E-state index in [1.54, 1.807) is 31.2 Å². The third-order valence-corrected chi connectivity index (χ3v) is 3.12. The number of rotatable bonds is 9. The smallest absolute Gasteiger partial charge is 0.340 e. The van der Waals surface area contributed by atoms with Crippen molar-refractivity contribution < 1.29 is 14.3 Å². The zero-order chi connectivity index (χ0) is 16.4. The number of carbonyl (C=O) groups is 2. The van der Waals surface area contributed by atoms with Gasteiger partial charge in [0.2, 0.25) is 5.91 Å². The highest BCUT2D eigenvalue weighted by molar-refractivity contribution is 6.01. The first-order valence-corrected chi connectivity index (χ1v) is 7.81. The van der Waals surface area contributed by atoms with E-state index in [1.165, 1.54) is 0 Å². The van der Waals surface area contributed by atoms with E-state index in [9.17, 15) is 9.59 Å². The first-order chi connectivity index (χ1) is 10.5. The first kappa shape index (κ1) is 18.2. The van der Waals surface area contributed by atoms with Crippen molar-refractivity contribution in [2.24, 2.45) is 5.92 Å². The monoisotopic (exact) mass is 306 g/mol. The van der Waals surface area contributed by atoms with Gasteiger partial charge in [-0.3, -0.25) is 4.79 Å². The Morgan fingerprint density at radius 3 is 2.59 bits per heavy atom. The molecule has 0 bridgehead atoms. The number of carbonyl (C=O) groups excluding carboxylic acids is 2. The number of ether oxygens (including phenoxy) is 1. The lowest BCUT2D eigenvalue weighted by Crippen LogP contribution is -2.24. The van der Waals surface area contributed by atoms with Gasteiger partial charge in [-0.05, 0) is 37.9 Å². The van der Waals surface area contributed by atoms with Gasteiger partial charge < -0.3 is 15.4 Å². The maximum absolute atomic E-state index is 11.9. The van der Waals surface area contributed by atoms with Gasteiger partial charge in [0.25, 0.3) is 0 Å². The van der Waals surface area contributed by atoms with Gasteiger partial charge in [0.1, 0.15) is 0 Å². The molecule has 0 radical (unpaired) electrons. The highest BCUT2D eigenvalue weighted by atomic mass is 16.5. The summed E-state index contributed by atoms with van der Waals surface area (Å²) in [5.41, 5.74) is 0.874. The Kier molecular flexibility index (Phi) is 8.22. The number of nitrogens with one attached hydrogen (secondary N) is 2. The molecule has 5 heteroatoms. The summed E-state index contributed by atoms with van der Waals surface area (Å²) >= 11 is 0. The van der Waals surface area contributed by atoms with Crippen LogP contribution in [0.5, 0.6) is 0 Å². The molecular formula is C17H26N2O3. The molecule has 0 atom stereocenters. The van der Waals surface area contributed by atoms with E-state index in [2.05, 4.69) is 24.5 Å². The summed E-state index contributed by atoms with van der Waals surface area (Å²) in [6.07, 6.45) is 1.46. The summed E-state index contributed by atoms with van der Waals surface area (Å²) < 4.78 is 4.98. The molecule has 1 aromatic rings. The van der Waals surface area contributed by atoms with Crippen molar-refractivity contribution in [2.45, 2.75) is 33.6 Å². The summed E-state index contributed by atoms with van der Waals surface area (Å²) in [4.78, 5) is 23.8. The van der Waals surface area contributed by atoms with Gasteiger partial charge >= 0.3 is 5.97 Å². The van der Waals surface area contributed by atoms with Crippen molar-refractivity contribution in [1.29, 1.82) is 0 Å². The molecule has 0 unspecified atom stereocenters. The first-order valence-electron chi connectivity index (χ1n) is 7.81. The summed E-state index contributed by atoms with van der Waals surface area (Å²) in [5, 5.41) is 6.01. The molecule has 2 N–H and O–H groups in total. The predicted octanol–water partition coefficient (Wildman–Crippen LogP) is 2.83. The molecule has 0 heterocycles. The van der Waals surface area contributed by atoms with Crippen molar-refractivity contribution in [3.8, 4) is 0 Å². The zero-order valence-corrected chi connectivity index (χ0v) is 13.6. The Bertz CT molecular complexity index is 487. The molecule has 0 fully saturated rings. The molecule has 5 nitrogen and oxygen atoms in total. The van der Waals surface area contributed by atoms with E-state index in [0.29, 0.717) is 36.7 Å². The van der Waals surface area contributed by atoms with E-state index in [1.807, 2.05) is 0 Å². The topological polar surface area (TPSA) is 67.4 Å². The van der Waals surface area contributed by atoms with Crippen molar-refractivity contribution >= 4 is 17.6 Å². The minimum atomic E-state index is -0.423. The molecule has 0 aliphatic heterocycles. The summed E-state index contributed by atoms with van der Waals surface area (Å²) in [5.74, 6) is 0.111. The van der Waals surface area contributed by atoms with E-state index in [4.69, 9.17) is 4.74 Å². The Labute approximate surface area is 132 Å². The van der Waals surface area contributed by atoms with E-state index in [-0.39, 0.29) is 5.91 Å². The molecule has 1 rings (SSSR count). The molecule has 0 aliphatic carbocycles. The fraction of sp³-hybridized carbons (Fsp3) is 0.529. The number of esters is 1. The SMILES string of the molecule is CCOC(=O)c1ccccc1NC(=O)CCNCCC(C)C. The van der Waals surface area contributed by atoms with Crippen LogP contribution < -0.4 is 10.6 Å². The van der Waals surface area contributed by atoms with Gasteiger partial charge in [-0.2, -0.15) is 0 Å². The average Bonchev–Trinajstić information content (AvgIpc) is 2.47. The number of hydrogen-bond donors (Lipinski definition) is 2. The van der Waals surface area contributed by atoms with Gasteiger partial charge in [-0.15, -0.1) is 0 Å². The average molecular weight is 306 g/mol. The second-order valence-corrected chi connectivity index (χ2v) is 5.50. The molecule has 0 aliphatic rings. The van der Waals surface area contributed by atoms with Gasteiger partial charge in [0.15, 0.2) is 0 Å². The lowest BCUT2D eigenvalue weighted by atomic mass is 10.1. The summed E-state index contributed by atoms with van der Waals surface area (Å²) in [6, 6.07) is 6.87. The predicted molar refractivity (Wildman–Crippen MR) is 88.0 cm³/mol. The van der Waals surface area contributed by atoms with Gasteiger partial charge in [-0.1, -0.05) is 26.0 Å². The van der Waals surface area contributed by atoms with Gasteiger partial charge in [0.05, 0.1) is 17.9 Å². The molecule has 122 valence electrons. The van der Waals surface area contributed by atoms with Crippen LogP contribution in [-0.4, -0.2) is 31.6 Å². The third-order valence-electron chi connectivity index (χ3n) is 3.12. The maximum Gasteiger partial charge on any atom is 0.340 e. The van der Waals surface area contributed by atoms with Crippen LogP contribution in [0.25, 0.3) is 0 Å². The maximum atomic E-state index is 11.9. The van der Waals surface area contributed by atoms with E-state index in [0.717, 1.165) is 13.0 Å². The molecule has 0 aromatic heterocycles. The third kappa shape index (κ3) is 6.72. The lowest BCUT2D eigenvalue weighted by molar-refractivity contribution is -0.116. The van der Waals surface area contributed by atoms with E-state index < -0.39 is 5.97 Å². The second-order valence-electron chi connectivity index (χ2n) is 5.50. The minimum Gasteiger partial charge on any atom is -0.462 e. The molecule has 1 amide bonds. The minimum absolute atomic E-state index is 0.117. The molecule has 1 aromatic carbocycles. The Morgan fingerprint density at radius 2 is 1.91 bits per heavy atom. The molecule has 0 saturated carbocycles. The molecular weight excluding hydrogens is 280 g/mol. The molecule has 0 saturated heterocycles. The largest absolute Gasteiger partial charge is 0.462 e. The summed E-state index contributed by atoms with van der Waals surface area (Å²) in [7, 11) is 0. The van der Waals surface area contributed by atoms with Crippen molar-refractivity contribution in [3.63, 3.8) is 0 Å². The van der Waals surface area contributed by atoms with Crippen molar-refractivity contribution in [2.75, 3.05) is 25.0 Å². The molecule has 22 heavy (non-hydrogen) atoms. The Hall–Kier alpha value is -1.88. The Morgan fingerprint density at radius 1 is 1.18 bits per heavy atom. The van der Waals surface area contributed by atoms with Crippen LogP contribution in [0.2, 0.25) is 0 Å². The van der Waals surface area contributed by atoms with Crippen LogP contribution in [-0.2, 0) is 9.53 Å². The van der Waals surface area contributed by atoms with Crippen LogP contribution >= 0.6 is 0 Å². The van der Waals surface area contributed by atoms with Crippen LogP contribution in [0.3, 0.4) is 0 Å². The van der Waals surface area contributed by atoms with Crippen LogP contribution in [0, 0.1) is 5.92 Å². The molecule has 0 spiro atoms. The number of amides is 1. The van der Waals surface area contributed by atoms with Crippen molar-refractivity contribution in [3.05, 3.63) is 29.8 Å². The normalized spacial score (nSPS) is 10.5. The van der Waals surface area contributed by atoms with Crippen LogP contribution in [0.1, 0.15) is 44.0 Å².